The minimum Gasteiger partial charge on any atom is -0.332 e. The second-order valence-corrected chi connectivity index (χ2v) is 6.96. The van der Waals surface area contributed by atoms with Crippen LogP contribution >= 0.6 is 22.7 Å². The zero-order chi connectivity index (χ0) is 16.2. The summed E-state index contributed by atoms with van der Waals surface area (Å²) in [5, 5.41) is 11.5. The first-order chi connectivity index (χ1) is 11.1. The van der Waals surface area contributed by atoms with Crippen LogP contribution in [-0.4, -0.2) is 16.0 Å². The van der Waals surface area contributed by atoms with Crippen LogP contribution in [0, 0.1) is 13.8 Å². The van der Waals surface area contributed by atoms with Gasteiger partial charge in [0.25, 0.3) is 0 Å². The maximum absolute atomic E-state index is 12.0. The van der Waals surface area contributed by atoms with Crippen molar-refractivity contribution in [3.05, 3.63) is 51.4 Å². The van der Waals surface area contributed by atoms with Crippen LogP contribution < -0.4 is 10.6 Å². The predicted molar refractivity (Wildman–Crippen MR) is 95.0 cm³/mol. The largest absolute Gasteiger partial charge is 0.332 e. The quantitative estimate of drug-likeness (QED) is 0.745. The lowest BCUT2D eigenvalue weighted by Crippen LogP contribution is -2.28. The van der Waals surface area contributed by atoms with E-state index in [1.807, 2.05) is 48.9 Å². The van der Waals surface area contributed by atoms with Gasteiger partial charge in [-0.05, 0) is 26.0 Å². The summed E-state index contributed by atoms with van der Waals surface area (Å²) in [6.45, 7) is 4.33. The third kappa shape index (κ3) is 4.14. The van der Waals surface area contributed by atoms with E-state index in [9.17, 15) is 4.79 Å². The van der Waals surface area contributed by atoms with Crippen LogP contribution in [0.15, 0.2) is 35.0 Å². The molecule has 3 aromatic rings. The maximum atomic E-state index is 12.0. The zero-order valence-electron chi connectivity index (χ0n) is 12.8. The number of carbonyl (C=O) groups excluding carboxylic acids is 1. The average Bonchev–Trinajstić information content (AvgIpc) is 3.14. The molecule has 23 heavy (non-hydrogen) atoms. The van der Waals surface area contributed by atoms with E-state index < -0.39 is 0 Å². The van der Waals surface area contributed by atoms with Crippen LogP contribution in [0.1, 0.15) is 16.4 Å². The van der Waals surface area contributed by atoms with Gasteiger partial charge in [0.1, 0.15) is 5.01 Å². The molecule has 0 aliphatic carbocycles. The summed E-state index contributed by atoms with van der Waals surface area (Å²) in [6, 6.07) is 7.43. The van der Waals surface area contributed by atoms with Crippen molar-refractivity contribution in [2.75, 3.05) is 5.32 Å². The van der Waals surface area contributed by atoms with Gasteiger partial charge < -0.3 is 10.6 Å². The lowest BCUT2D eigenvalue weighted by molar-refractivity contribution is 0.251. The van der Waals surface area contributed by atoms with Gasteiger partial charge in [-0.1, -0.05) is 12.1 Å². The minimum atomic E-state index is -0.247. The monoisotopic (exact) mass is 344 g/mol. The number of benzene rings is 1. The Morgan fingerprint density at radius 3 is 2.74 bits per heavy atom. The number of aromatic nitrogens is 2. The molecule has 0 fully saturated rings. The molecular formula is C16H16N4OS2. The summed E-state index contributed by atoms with van der Waals surface area (Å²) < 4.78 is 0. The number of hydrogen-bond acceptors (Lipinski definition) is 5. The molecule has 2 amide bonds. The summed E-state index contributed by atoms with van der Waals surface area (Å²) in [6.07, 6.45) is 0. The van der Waals surface area contributed by atoms with Crippen molar-refractivity contribution in [2.45, 2.75) is 20.4 Å². The summed E-state index contributed by atoms with van der Waals surface area (Å²) in [4.78, 5) is 20.8. The number of amides is 2. The lowest BCUT2D eigenvalue weighted by Gasteiger charge is -2.07. The van der Waals surface area contributed by atoms with Gasteiger partial charge in [0.15, 0.2) is 0 Å². The normalized spacial score (nSPS) is 10.5. The molecule has 0 atom stereocenters. The second-order valence-electron chi connectivity index (χ2n) is 5.04. The molecule has 1 aromatic carbocycles. The molecule has 118 valence electrons. The first-order valence-electron chi connectivity index (χ1n) is 7.08. The summed E-state index contributed by atoms with van der Waals surface area (Å²) >= 11 is 3.17. The Morgan fingerprint density at radius 1 is 1.17 bits per heavy atom. The number of nitrogens with zero attached hydrogens (tertiary/aromatic N) is 2. The number of anilines is 1. The van der Waals surface area contributed by atoms with Crippen LogP contribution in [0.5, 0.6) is 0 Å². The first-order valence-corrected chi connectivity index (χ1v) is 8.84. The molecule has 0 spiro atoms. The minimum absolute atomic E-state index is 0.247. The van der Waals surface area contributed by atoms with Crippen molar-refractivity contribution >= 4 is 34.4 Å². The molecule has 0 unspecified atom stereocenters. The third-order valence-electron chi connectivity index (χ3n) is 3.08. The van der Waals surface area contributed by atoms with Gasteiger partial charge in [-0.3, -0.25) is 0 Å². The number of thiazole rings is 2. The summed E-state index contributed by atoms with van der Waals surface area (Å²) in [5.41, 5.74) is 3.60. The highest BCUT2D eigenvalue weighted by molar-refractivity contribution is 7.13. The van der Waals surface area contributed by atoms with E-state index in [1.165, 1.54) is 0 Å². The Hall–Kier alpha value is -2.25. The van der Waals surface area contributed by atoms with Crippen LogP contribution in [-0.2, 0) is 6.54 Å². The Balaban J connectivity index is 1.62. The molecule has 0 bridgehead atoms. The molecule has 0 saturated heterocycles. The van der Waals surface area contributed by atoms with Crippen molar-refractivity contribution in [3.63, 3.8) is 0 Å². The van der Waals surface area contributed by atoms with Gasteiger partial charge in [-0.25, -0.2) is 14.8 Å². The number of aryl methyl sites for hydroxylation is 2. The SMILES string of the molecule is Cc1csc(-c2cccc(NC(=O)NCc3csc(C)n3)c2)n1. The van der Waals surface area contributed by atoms with Gasteiger partial charge in [0, 0.05) is 27.7 Å². The van der Waals surface area contributed by atoms with Crippen LogP contribution in [0.3, 0.4) is 0 Å². The Bertz CT molecular complexity index is 825. The van der Waals surface area contributed by atoms with E-state index in [2.05, 4.69) is 20.6 Å². The Kier molecular flexibility index (Phi) is 4.68. The van der Waals surface area contributed by atoms with Gasteiger partial charge in [-0.2, -0.15) is 0 Å². The topological polar surface area (TPSA) is 66.9 Å². The van der Waals surface area contributed by atoms with E-state index >= 15 is 0 Å². The molecule has 2 N–H and O–H groups in total. The smallest absolute Gasteiger partial charge is 0.319 e. The van der Waals surface area contributed by atoms with Crippen LogP contribution in [0.4, 0.5) is 10.5 Å². The van der Waals surface area contributed by atoms with E-state index in [4.69, 9.17) is 0 Å². The molecule has 0 aliphatic heterocycles. The van der Waals surface area contributed by atoms with Crippen molar-refractivity contribution in [2.24, 2.45) is 0 Å². The molecule has 7 heteroatoms. The second kappa shape index (κ2) is 6.89. The molecule has 0 saturated carbocycles. The Labute approximate surface area is 142 Å². The van der Waals surface area contributed by atoms with Gasteiger partial charge in [0.2, 0.25) is 0 Å². The molecule has 3 rings (SSSR count). The average molecular weight is 344 g/mol. The van der Waals surface area contributed by atoms with Crippen LogP contribution in [0.2, 0.25) is 0 Å². The standard InChI is InChI=1S/C16H16N4OS2/c1-10-8-23-15(18-10)12-4-3-5-13(6-12)20-16(21)17-7-14-9-22-11(2)19-14/h3-6,8-9H,7H2,1-2H3,(H2,17,20,21). The van der Waals surface area contributed by atoms with E-state index in [0.29, 0.717) is 6.54 Å². The number of nitrogens with one attached hydrogen (secondary N) is 2. The van der Waals surface area contributed by atoms with Crippen LogP contribution in [0.25, 0.3) is 10.6 Å². The molecule has 0 radical (unpaired) electrons. The van der Waals surface area contributed by atoms with Crippen molar-refractivity contribution in [3.8, 4) is 10.6 Å². The van der Waals surface area contributed by atoms with E-state index in [-0.39, 0.29) is 6.03 Å². The van der Waals surface area contributed by atoms with Gasteiger partial charge in [-0.15, -0.1) is 22.7 Å². The third-order valence-corrected chi connectivity index (χ3v) is 4.91. The molecular weight excluding hydrogens is 328 g/mol. The zero-order valence-corrected chi connectivity index (χ0v) is 14.4. The fourth-order valence-electron chi connectivity index (χ4n) is 2.05. The number of hydrogen-bond donors (Lipinski definition) is 2. The highest BCUT2D eigenvalue weighted by Gasteiger charge is 2.06. The molecule has 5 nitrogen and oxygen atoms in total. The first kappa shape index (κ1) is 15.6. The molecule has 0 aliphatic rings. The maximum Gasteiger partial charge on any atom is 0.319 e. The lowest BCUT2D eigenvalue weighted by atomic mass is 10.2. The summed E-state index contributed by atoms with van der Waals surface area (Å²) in [5.74, 6) is 0. The fraction of sp³-hybridized carbons (Fsp3) is 0.188. The number of carbonyl (C=O) groups is 1. The van der Waals surface area contributed by atoms with Gasteiger partial charge >= 0.3 is 6.03 Å². The van der Waals surface area contributed by atoms with Gasteiger partial charge in [0.05, 0.1) is 17.2 Å². The fourth-order valence-corrected chi connectivity index (χ4v) is 3.46. The summed E-state index contributed by atoms with van der Waals surface area (Å²) in [7, 11) is 0. The molecule has 2 aromatic heterocycles. The highest BCUT2D eigenvalue weighted by atomic mass is 32.1. The van der Waals surface area contributed by atoms with E-state index in [1.54, 1.807) is 22.7 Å². The van der Waals surface area contributed by atoms with Crippen molar-refractivity contribution < 1.29 is 4.79 Å². The highest BCUT2D eigenvalue weighted by Crippen LogP contribution is 2.25. The number of rotatable bonds is 4. The van der Waals surface area contributed by atoms with Crippen molar-refractivity contribution in [1.29, 1.82) is 0 Å². The predicted octanol–water partition coefficient (Wildman–Crippen LogP) is 4.21. The van der Waals surface area contributed by atoms with Crippen molar-refractivity contribution in [1.82, 2.24) is 15.3 Å². The number of urea groups is 1. The Morgan fingerprint density at radius 2 is 2.04 bits per heavy atom. The molecule has 2 heterocycles. The van der Waals surface area contributed by atoms with E-state index in [0.717, 1.165) is 32.7 Å².